The molecule has 5 heteroatoms. The van der Waals surface area contributed by atoms with E-state index in [4.69, 9.17) is 15.2 Å². The van der Waals surface area contributed by atoms with Crippen molar-refractivity contribution in [1.29, 1.82) is 0 Å². The second kappa shape index (κ2) is 6.91. The molecule has 0 aromatic heterocycles. The number of hydrogen-bond donors (Lipinski definition) is 1. The molecule has 1 amide bonds. The summed E-state index contributed by atoms with van der Waals surface area (Å²) in [6.45, 7) is 7.39. The van der Waals surface area contributed by atoms with Crippen LogP contribution in [0, 0.1) is 0 Å². The molecule has 0 radical (unpaired) electrons. The number of likely N-dealkylation sites (N-methyl/N-ethyl adjacent to an activating group) is 1. The van der Waals surface area contributed by atoms with Crippen molar-refractivity contribution in [1.82, 2.24) is 4.90 Å². The van der Waals surface area contributed by atoms with E-state index in [9.17, 15) is 4.79 Å². The van der Waals surface area contributed by atoms with Gasteiger partial charge in [0.1, 0.15) is 5.60 Å². The van der Waals surface area contributed by atoms with Crippen molar-refractivity contribution in [2.24, 2.45) is 5.73 Å². The highest BCUT2D eigenvalue weighted by molar-refractivity contribution is 5.68. The average molecular weight is 270 g/mol. The Hall–Kier alpha value is -1.07. The van der Waals surface area contributed by atoms with E-state index in [0.717, 1.165) is 19.4 Å². The summed E-state index contributed by atoms with van der Waals surface area (Å²) in [4.78, 5) is 13.6. The molecular weight excluding hydrogens is 244 g/mol. The van der Waals surface area contributed by atoms with Crippen molar-refractivity contribution in [2.75, 3.05) is 26.8 Å². The Bertz CT molecular complexity index is 334. The molecule has 0 aliphatic carbocycles. The Balaban J connectivity index is 2.58. The highest BCUT2D eigenvalue weighted by atomic mass is 16.6. The minimum absolute atomic E-state index is 0.0530. The molecule has 0 aromatic rings. The monoisotopic (exact) mass is 270 g/mol. The molecule has 0 saturated heterocycles. The zero-order chi connectivity index (χ0) is 14.5. The number of nitrogens with two attached hydrogens (primary N) is 1. The number of nitrogens with zero attached hydrogens (tertiary/aromatic N) is 1. The van der Waals surface area contributed by atoms with E-state index in [1.807, 2.05) is 20.8 Å². The van der Waals surface area contributed by atoms with Gasteiger partial charge in [-0.2, -0.15) is 0 Å². The lowest BCUT2D eigenvalue weighted by Crippen LogP contribution is -2.44. The van der Waals surface area contributed by atoms with Crippen LogP contribution in [0.15, 0.2) is 11.6 Å². The van der Waals surface area contributed by atoms with Gasteiger partial charge in [-0.15, -0.1) is 0 Å². The molecule has 1 rings (SSSR count). The van der Waals surface area contributed by atoms with E-state index in [-0.39, 0.29) is 12.1 Å². The first-order valence-electron chi connectivity index (χ1n) is 6.75. The van der Waals surface area contributed by atoms with Gasteiger partial charge in [-0.1, -0.05) is 6.08 Å². The summed E-state index contributed by atoms with van der Waals surface area (Å²) in [5.41, 5.74) is 6.49. The molecule has 0 saturated carbocycles. The Labute approximate surface area is 115 Å². The Morgan fingerprint density at radius 2 is 2.26 bits per heavy atom. The Kier molecular flexibility index (Phi) is 5.82. The Morgan fingerprint density at radius 1 is 1.58 bits per heavy atom. The zero-order valence-corrected chi connectivity index (χ0v) is 12.4. The van der Waals surface area contributed by atoms with Gasteiger partial charge in [0, 0.05) is 13.6 Å². The van der Waals surface area contributed by atoms with Gasteiger partial charge in [0.2, 0.25) is 0 Å². The van der Waals surface area contributed by atoms with E-state index in [1.54, 1.807) is 11.9 Å². The topological polar surface area (TPSA) is 64.8 Å². The van der Waals surface area contributed by atoms with Gasteiger partial charge < -0.3 is 20.1 Å². The average Bonchev–Trinajstić information content (AvgIpc) is 2.34. The number of carbonyl (C=O) groups is 1. The van der Waals surface area contributed by atoms with E-state index in [0.29, 0.717) is 13.2 Å². The summed E-state index contributed by atoms with van der Waals surface area (Å²) in [5.74, 6) is 0. The van der Waals surface area contributed by atoms with E-state index >= 15 is 0 Å². The van der Waals surface area contributed by atoms with Crippen molar-refractivity contribution < 1.29 is 14.3 Å². The number of hydrogen-bond acceptors (Lipinski definition) is 4. The zero-order valence-electron chi connectivity index (χ0n) is 12.4. The summed E-state index contributed by atoms with van der Waals surface area (Å²) in [6.07, 6.45) is 3.52. The van der Waals surface area contributed by atoms with Crippen LogP contribution in [-0.2, 0) is 9.47 Å². The van der Waals surface area contributed by atoms with Crippen LogP contribution in [0.5, 0.6) is 0 Å². The lowest BCUT2D eigenvalue weighted by Gasteiger charge is -2.31. The van der Waals surface area contributed by atoms with Crippen LogP contribution in [0.2, 0.25) is 0 Å². The summed E-state index contributed by atoms with van der Waals surface area (Å²) >= 11 is 0. The molecular formula is C14H26N2O3. The Morgan fingerprint density at radius 3 is 2.74 bits per heavy atom. The smallest absolute Gasteiger partial charge is 0.410 e. The van der Waals surface area contributed by atoms with Gasteiger partial charge in [0.15, 0.2) is 0 Å². The van der Waals surface area contributed by atoms with Gasteiger partial charge in [-0.25, -0.2) is 4.79 Å². The maximum absolute atomic E-state index is 12.0. The number of amides is 1. The number of rotatable bonds is 4. The van der Waals surface area contributed by atoms with Gasteiger partial charge in [0.25, 0.3) is 0 Å². The minimum Gasteiger partial charge on any atom is -0.444 e. The van der Waals surface area contributed by atoms with E-state index < -0.39 is 5.60 Å². The van der Waals surface area contributed by atoms with Crippen molar-refractivity contribution in [3.63, 3.8) is 0 Å². The first-order valence-corrected chi connectivity index (χ1v) is 6.75. The van der Waals surface area contributed by atoms with Gasteiger partial charge in [0.05, 0.1) is 19.3 Å². The van der Waals surface area contributed by atoms with Gasteiger partial charge in [-0.3, -0.25) is 0 Å². The second-order valence-corrected chi connectivity index (χ2v) is 5.89. The molecule has 5 nitrogen and oxygen atoms in total. The predicted octanol–water partition coefficient (Wildman–Crippen LogP) is 1.92. The maximum atomic E-state index is 12.0. The predicted molar refractivity (Wildman–Crippen MR) is 75.0 cm³/mol. The van der Waals surface area contributed by atoms with Crippen LogP contribution in [0.1, 0.15) is 33.6 Å². The van der Waals surface area contributed by atoms with Gasteiger partial charge >= 0.3 is 6.09 Å². The standard InChI is InChI=1S/C14H26N2O3/c1-14(2,3)19-13(17)16(4)12(9-15)8-11-6-5-7-18-10-11/h6,12H,5,7-10,15H2,1-4H3/t12-/m1/s1. The largest absolute Gasteiger partial charge is 0.444 e. The highest BCUT2D eigenvalue weighted by Gasteiger charge is 2.25. The van der Waals surface area contributed by atoms with Crippen LogP contribution in [-0.4, -0.2) is 49.4 Å². The molecule has 0 bridgehead atoms. The third-order valence-electron chi connectivity index (χ3n) is 2.98. The molecule has 0 unspecified atom stereocenters. The molecule has 0 fully saturated rings. The van der Waals surface area contributed by atoms with Crippen LogP contribution in [0.3, 0.4) is 0 Å². The van der Waals surface area contributed by atoms with Crippen LogP contribution >= 0.6 is 0 Å². The fourth-order valence-corrected chi connectivity index (χ4v) is 1.91. The van der Waals surface area contributed by atoms with Crippen LogP contribution < -0.4 is 5.73 Å². The summed E-state index contributed by atoms with van der Waals surface area (Å²) in [6, 6.07) is -0.0530. The number of carbonyl (C=O) groups excluding carboxylic acids is 1. The van der Waals surface area contributed by atoms with Crippen molar-refractivity contribution in [2.45, 2.75) is 45.3 Å². The van der Waals surface area contributed by atoms with Gasteiger partial charge in [-0.05, 0) is 39.2 Å². The summed E-state index contributed by atoms with van der Waals surface area (Å²) < 4.78 is 10.8. The molecule has 19 heavy (non-hydrogen) atoms. The SMILES string of the molecule is CN(C(=O)OC(C)(C)C)[C@@H](CN)CC1=CCCOC1. The quantitative estimate of drug-likeness (QED) is 0.793. The van der Waals surface area contributed by atoms with Crippen molar-refractivity contribution in [3.8, 4) is 0 Å². The highest BCUT2D eigenvalue weighted by Crippen LogP contribution is 2.17. The molecule has 0 aromatic carbocycles. The fourth-order valence-electron chi connectivity index (χ4n) is 1.91. The molecule has 1 aliphatic heterocycles. The third-order valence-corrected chi connectivity index (χ3v) is 2.98. The first-order chi connectivity index (χ1) is 8.83. The fraction of sp³-hybridized carbons (Fsp3) is 0.786. The molecule has 0 spiro atoms. The van der Waals surface area contributed by atoms with Crippen molar-refractivity contribution >= 4 is 6.09 Å². The maximum Gasteiger partial charge on any atom is 0.410 e. The normalized spacial score (nSPS) is 17.6. The molecule has 1 atom stereocenters. The molecule has 1 heterocycles. The van der Waals surface area contributed by atoms with E-state index in [1.165, 1.54) is 5.57 Å². The van der Waals surface area contributed by atoms with Crippen LogP contribution in [0.25, 0.3) is 0 Å². The third kappa shape index (κ3) is 5.61. The number of ether oxygens (including phenoxy) is 2. The second-order valence-electron chi connectivity index (χ2n) is 5.89. The lowest BCUT2D eigenvalue weighted by molar-refractivity contribution is 0.0223. The van der Waals surface area contributed by atoms with E-state index in [2.05, 4.69) is 6.08 Å². The molecule has 1 aliphatic rings. The molecule has 110 valence electrons. The molecule has 2 N–H and O–H groups in total. The lowest BCUT2D eigenvalue weighted by atomic mass is 10.0. The van der Waals surface area contributed by atoms with Crippen molar-refractivity contribution in [3.05, 3.63) is 11.6 Å². The van der Waals surface area contributed by atoms with Crippen LogP contribution in [0.4, 0.5) is 4.79 Å². The summed E-state index contributed by atoms with van der Waals surface area (Å²) in [7, 11) is 1.73. The minimum atomic E-state index is -0.488. The first kappa shape index (κ1) is 16.0. The summed E-state index contributed by atoms with van der Waals surface area (Å²) in [5, 5.41) is 0.